The maximum atomic E-state index is 12.2. The molecule has 0 bridgehead atoms. The molecule has 1 heterocycles. The van der Waals surface area contributed by atoms with E-state index in [1.807, 2.05) is 17.6 Å². The SMILES string of the molecule is CCn1cnnc1CNC(=O)[C@H](C)Oc1ccc2c(c1)CCC2. The molecule has 0 spiro atoms. The van der Waals surface area contributed by atoms with E-state index in [2.05, 4.69) is 27.6 Å². The van der Waals surface area contributed by atoms with Gasteiger partial charge in [-0.2, -0.15) is 0 Å². The number of rotatable bonds is 6. The molecule has 6 heteroatoms. The molecule has 1 N–H and O–H groups in total. The van der Waals surface area contributed by atoms with Gasteiger partial charge in [0.25, 0.3) is 5.91 Å². The molecule has 1 aliphatic rings. The highest BCUT2D eigenvalue weighted by atomic mass is 16.5. The quantitative estimate of drug-likeness (QED) is 0.884. The molecular weight excluding hydrogens is 292 g/mol. The first-order valence-electron chi connectivity index (χ1n) is 8.10. The van der Waals surface area contributed by atoms with Gasteiger partial charge in [-0.25, -0.2) is 0 Å². The molecule has 0 radical (unpaired) electrons. The van der Waals surface area contributed by atoms with Crippen molar-refractivity contribution in [3.05, 3.63) is 41.5 Å². The van der Waals surface area contributed by atoms with E-state index in [4.69, 9.17) is 4.74 Å². The Balaban J connectivity index is 1.55. The lowest BCUT2D eigenvalue weighted by atomic mass is 10.1. The van der Waals surface area contributed by atoms with Crippen LogP contribution >= 0.6 is 0 Å². The second-order valence-electron chi connectivity index (χ2n) is 5.80. The molecule has 2 aromatic rings. The van der Waals surface area contributed by atoms with Gasteiger partial charge < -0.3 is 14.6 Å². The van der Waals surface area contributed by atoms with Crippen LogP contribution in [0.4, 0.5) is 0 Å². The van der Waals surface area contributed by atoms with Gasteiger partial charge in [-0.15, -0.1) is 10.2 Å². The second-order valence-corrected chi connectivity index (χ2v) is 5.80. The lowest BCUT2D eigenvalue weighted by Gasteiger charge is -2.15. The molecule has 23 heavy (non-hydrogen) atoms. The fraction of sp³-hybridized carbons (Fsp3) is 0.471. The fourth-order valence-electron chi connectivity index (χ4n) is 2.87. The van der Waals surface area contributed by atoms with E-state index >= 15 is 0 Å². The van der Waals surface area contributed by atoms with Crippen molar-refractivity contribution in [1.82, 2.24) is 20.1 Å². The highest BCUT2D eigenvalue weighted by molar-refractivity contribution is 5.80. The Hall–Kier alpha value is -2.37. The zero-order valence-corrected chi connectivity index (χ0v) is 13.6. The maximum absolute atomic E-state index is 12.2. The van der Waals surface area contributed by atoms with Crippen LogP contribution in [0, 0.1) is 0 Å². The molecule has 1 aromatic carbocycles. The van der Waals surface area contributed by atoms with Crippen LogP contribution in [0.25, 0.3) is 0 Å². The van der Waals surface area contributed by atoms with Crippen LogP contribution in [-0.4, -0.2) is 26.8 Å². The number of benzene rings is 1. The van der Waals surface area contributed by atoms with Crippen molar-refractivity contribution in [1.29, 1.82) is 0 Å². The molecular formula is C17H22N4O2. The smallest absolute Gasteiger partial charge is 0.261 e. The molecule has 0 aliphatic heterocycles. The third kappa shape index (κ3) is 3.52. The summed E-state index contributed by atoms with van der Waals surface area (Å²) >= 11 is 0. The van der Waals surface area contributed by atoms with E-state index in [0.29, 0.717) is 6.54 Å². The molecule has 0 saturated carbocycles. The van der Waals surface area contributed by atoms with Gasteiger partial charge in [0.2, 0.25) is 0 Å². The summed E-state index contributed by atoms with van der Waals surface area (Å²) in [6, 6.07) is 6.10. The van der Waals surface area contributed by atoms with Crippen LogP contribution in [0.3, 0.4) is 0 Å². The fourth-order valence-corrected chi connectivity index (χ4v) is 2.87. The Morgan fingerprint density at radius 2 is 2.22 bits per heavy atom. The number of hydrogen-bond acceptors (Lipinski definition) is 4. The molecule has 1 atom stereocenters. The molecule has 0 unspecified atom stereocenters. The standard InChI is InChI=1S/C17H22N4O2/c1-3-21-11-19-20-16(21)10-18-17(22)12(2)23-15-8-7-13-5-4-6-14(13)9-15/h7-9,11-12H,3-6,10H2,1-2H3,(H,18,22)/t12-/m0/s1. The van der Waals surface area contributed by atoms with Crippen LogP contribution < -0.4 is 10.1 Å². The zero-order valence-electron chi connectivity index (χ0n) is 13.6. The molecule has 1 aliphatic carbocycles. The summed E-state index contributed by atoms with van der Waals surface area (Å²) in [6.45, 7) is 4.89. The van der Waals surface area contributed by atoms with Gasteiger partial charge in [-0.05, 0) is 56.4 Å². The van der Waals surface area contributed by atoms with Crippen molar-refractivity contribution in [2.75, 3.05) is 0 Å². The van der Waals surface area contributed by atoms with E-state index in [-0.39, 0.29) is 5.91 Å². The normalized spacial score (nSPS) is 14.3. The first-order chi connectivity index (χ1) is 11.2. The molecule has 0 fully saturated rings. The van der Waals surface area contributed by atoms with Gasteiger partial charge in [0, 0.05) is 6.54 Å². The second kappa shape index (κ2) is 6.81. The monoisotopic (exact) mass is 314 g/mol. The number of amides is 1. The minimum atomic E-state index is -0.549. The first kappa shape index (κ1) is 15.5. The highest BCUT2D eigenvalue weighted by Crippen LogP contribution is 2.26. The molecule has 1 aromatic heterocycles. The Morgan fingerprint density at radius 3 is 3.04 bits per heavy atom. The lowest BCUT2D eigenvalue weighted by Crippen LogP contribution is -2.36. The van der Waals surface area contributed by atoms with Gasteiger partial charge in [0.05, 0.1) is 6.54 Å². The number of aryl methyl sites for hydroxylation is 3. The first-order valence-corrected chi connectivity index (χ1v) is 8.10. The molecule has 122 valence electrons. The predicted molar refractivity (Wildman–Crippen MR) is 86.1 cm³/mol. The van der Waals surface area contributed by atoms with Crippen molar-refractivity contribution in [2.45, 2.75) is 52.3 Å². The minimum Gasteiger partial charge on any atom is -0.481 e. The average molecular weight is 314 g/mol. The van der Waals surface area contributed by atoms with E-state index in [9.17, 15) is 4.79 Å². The average Bonchev–Trinajstić information content (AvgIpc) is 3.20. The van der Waals surface area contributed by atoms with E-state index in [0.717, 1.165) is 31.0 Å². The van der Waals surface area contributed by atoms with Gasteiger partial charge in [-0.1, -0.05) is 6.07 Å². The summed E-state index contributed by atoms with van der Waals surface area (Å²) in [5.41, 5.74) is 2.74. The van der Waals surface area contributed by atoms with Gasteiger partial charge in [0.15, 0.2) is 11.9 Å². The summed E-state index contributed by atoms with van der Waals surface area (Å²) in [4.78, 5) is 12.2. The summed E-state index contributed by atoms with van der Waals surface area (Å²) < 4.78 is 7.67. The Kier molecular flexibility index (Phi) is 4.60. The Bertz CT molecular complexity index is 696. The lowest BCUT2D eigenvalue weighted by molar-refractivity contribution is -0.127. The number of aromatic nitrogens is 3. The van der Waals surface area contributed by atoms with Crippen molar-refractivity contribution >= 4 is 5.91 Å². The van der Waals surface area contributed by atoms with Crippen LogP contribution in [-0.2, 0) is 30.7 Å². The maximum Gasteiger partial charge on any atom is 0.261 e. The number of carbonyl (C=O) groups is 1. The predicted octanol–water partition coefficient (Wildman–Crippen LogP) is 1.87. The molecule has 6 nitrogen and oxygen atoms in total. The zero-order chi connectivity index (χ0) is 16.2. The van der Waals surface area contributed by atoms with Crippen LogP contribution in [0.5, 0.6) is 5.75 Å². The van der Waals surface area contributed by atoms with E-state index in [1.54, 1.807) is 13.3 Å². The summed E-state index contributed by atoms with van der Waals surface area (Å²) in [6.07, 6.45) is 4.55. The van der Waals surface area contributed by atoms with Crippen LogP contribution in [0.2, 0.25) is 0 Å². The Labute approximate surface area is 135 Å². The van der Waals surface area contributed by atoms with Crippen molar-refractivity contribution in [2.24, 2.45) is 0 Å². The third-order valence-electron chi connectivity index (χ3n) is 4.21. The largest absolute Gasteiger partial charge is 0.481 e. The molecule has 1 amide bonds. The van der Waals surface area contributed by atoms with Gasteiger partial charge in [0.1, 0.15) is 12.1 Å². The number of nitrogens with one attached hydrogen (secondary N) is 1. The number of fused-ring (bicyclic) bond motifs is 1. The van der Waals surface area contributed by atoms with E-state index < -0.39 is 6.10 Å². The van der Waals surface area contributed by atoms with Gasteiger partial charge >= 0.3 is 0 Å². The number of hydrogen-bond donors (Lipinski definition) is 1. The van der Waals surface area contributed by atoms with Crippen molar-refractivity contribution in [3.63, 3.8) is 0 Å². The topological polar surface area (TPSA) is 69.0 Å². The van der Waals surface area contributed by atoms with Crippen LogP contribution in [0.15, 0.2) is 24.5 Å². The Morgan fingerprint density at radius 1 is 1.39 bits per heavy atom. The number of carbonyl (C=O) groups excluding carboxylic acids is 1. The highest BCUT2D eigenvalue weighted by Gasteiger charge is 2.17. The number of nitrogens with zero attached hydrogens (tertiary/aromatic N) is 3. The van der Waals surface area contributed by atoms with Crippen molar-refractivity contribution in [3.8, 4) is 5.75 Å². The van der Waals surface area contributed by atoms with E-state index in [1.165, 1.54) is 17.5 Å². The third-order valence-corrected chi connectivity index (χ3v) is 4.21. The van der Waals surface area contributed by atoms with Gasteiger partial charge in [-0.3, -0.25) is 4.79 Å². The molecule has 0 saturated heterocycles. The molecule has 3 rings (SSSR count). The minimum absolute atomic E-state index is 0.156. The number of ether oxygens (including phenoxy) is 1. The van der Waals surface area contributed by atoms with Crippen LogP contribution in [0.1, 0.15) is 37.2 Å². The summed E-state index contributed by atoms with van der Waals surface area (Å²) in [5.74, 6) is 1.34. The summed E-state index contributed by atoms with van der Waals surface area (Å²) in [5, 5.41) is 10.7. The van der Waals surface area contributed by atoms with Crippen molar-refractivity contribution < 1.29 is 9.53 Å². The summed E-state index contributed by atoms with van der Waals surface area (Å²) in [7, 11) is 0.